The molecule has 0 saturated heterocycles. The number of phenolic OH excluding ortho intramolecular Hbond substituents is 1. The molecule has 1 N–H and O–H groups in total. The fourth-order valence-corrected chi connectivity index (χ4v) is 4.26. The first kappa shape index (κ1) is 22.3. The van der Waals surface area contributed by atoms with Crippen LogP contribution in [0.3, 0.4) is 0 Å². The van der Waals surface area contributed by atoms with Gasteiger partial charge in [0, 0.05) is 35.9 Å². The standard InChI is InChI=1S/C22H26ClNO6/c1-4-29-8-9-30-22(27)18-12(2)24-15-6-5-7-16(25)20(15)19(18)13-10-14(23)21(26)17(11-13)28-3/h10-11,18-19,26H,4-9H2,1-3H3/t18?,19-/m1/s1. The number of Topliss-reactive ketones (excluding diaryl/α,β-unsaturated/α-hetero) is 1. The van der Waals surface area contributed by atoms with Gasteiger partial charge in [0.1, 0.15) is 12.5 Å². The quantitative estimate of drug-likeness (QED) is 0.517. The Labute approximate surface area is 180 Å². The van der Waals surface area contributed by atoms with Crippen molar-refractivity contribution in [2.24, 2.45) is 10.9 Å². The third-order valence-electron chi connectivity index (χ3n) is 5.39. The van der Waals surface area contributed by atoms with Gasteiger partial charge >= 0.3 is 5.97 Å². The fourth-order valence-electron chi connectivity index (χ4n) is 4.04. The number of aliphatic imine (C=N–C) groups is 1. The van der Waals surface area contributed by atoms with Crippen LogP contribution in [0.1, 0.15) is 44.6 Å². The third-order valence-corrected chi connectivity index (χ3v) is 5.68. The normalized spacial score (nSPS) is 21.2. The SMILES string of the molecule is CCOCCOC(=O)C1C(C)=NC2=C(C(=O)CCC2)[C@@H]1c1cc(Cl)c(O)c(OC)c1. The van der Waals surface area contributed by atoms with Gasteiger partial charge in [-0.05, 0) is 44.4 Å². The number of esters is 1. The van der Waals surface area contributed by atoms with E-state index >= 15 is 0 Å². The highest BCUT2D eigenvalue weighted by Crippen LogP contribution is 2.46. The summed E-state index contributed by atoms with van der Waals surface area (Å²) in [7, 11) is 1.42. The highest BCUT2D eigenvalue weighted by atomic mass is 35.5. The van der Waals surface area contributed by atoms with E-state index in [9.17, 15) is 14.7 Å². The minimum atomic E-state index is -0.780. The zero-order valence-electron chi connectivity index (χ0n) is 17.4. The van der Waals surface area contributed by atoms with Crippen LogP contribution < -0.4 is 4.74 Å². The van der Waals surface area contributed by atoms with E-state index in [0.29, 0.717) is 48.6 Å². The number of hydrogen-bond donors (Lipinski definition) is 1. The molecule has 2 aliphatic rings. The summed E-state index contributed by atoms with van der Waals surface area (Å²) in [5.74, 6) is -1.92. The molecule has 0 spiro atoms. The van der Waals surface area contributed by atoms with Crippen LogP contribution in [0.15, 0.2) is 28.4 Å². The molecular weight excluding hydrogens is 410 g/mol. The smallest absolute Gasteiger partial charge is 0.315 e. The molecule has 2 atom stereocenters. The Hall–Kier alpha value is -2.38. The molecule has 1 unspecified atom stereocenters. The van der Waals surface area contributed by atoms with Gasteiger partial charge < -0.3 is 19.3 Å². The first-order valence-electron chi connectivity index (χ1n) is 10.0. The molecule has 0 saturated carbocycles. The molecule has 1 aromatic rings. The Balaban J connectivity index is 2.06. The summed E-state index contributed by atoms with van der Waals surface area (Å²) in [5, 5.41) is 10.2. The minimum Gasteiger partial charge on any atom is -0.503 e. The number of carbonyl (C=O) groups excluding carboxylic acids is 2. The number of phenols is 1. The number of benzene rings is 1. The van der Waals surface area contributed by atoms with E-state index in [0.717, 1.165) is 6.42 Å². The number of aromatic hydroxyl groups is 1. The second-order valence-electron chi connectivity index (χ2n) is 7.26. The largest absolute Gasteiger partial charge is 0.503 e. The zero-order valence-corrected chi connectivity index (χ0v) is 18.1. The van der Waals surface area contributed by atoms with Gasteiger partial charge in [-0.3, -0.25) is 14.6 Å². The van der Waals surface area contributed by atoms with Gasteiger partial charge in [0.2, 0.25) is 0 Å². The highest BCUT2D eigenvalue weighted by Gasteiger charge is 2.43. The molecule has 7 nitrogen and oxygen atoms in total. The summed E-state index contributed by atoms with van der Waals surface area (Å²) in [6.45, 7) is 4.56. The monoisotopic (exact) mass is 435 g/mol. The molecule has 30 heavy (non-hydrogen) atoms. The van der Waals surface area contributed by atoms with Crippen molar-refractivity contribution in [3.63, 3.8) is 0 Å². The Morgan fingerprint density at radius 2 is 2.07 bits per heavy atom. The number of halogens is 1. The average molecular weight is 436 g/mol. The van der Waals surface area contributed by atoms with Crippen LogP contribution in [0, 0.1) is 5.92 Å². The number of rotatable bonds is 7. The van der Waals surface area contributed by atoms with Crippen LogP contribution >= 0.6 is 11.6 Å². The van der Waals surface area contributed by atoms with Crippen molar-refractivity contribution in [1.82, 2.24) is 0 Å². The molecule has 0 amide bonds. The molecule has 162 valence electrons. The lowest BCUT2D eigenvalue weighted by molar-refractivity contribution is -0.148. The Kier molecular flexibility index (Phi) is 7.15. The molecule has 8 heteroatoms. The molecule has 3 rings (SSSR count). The van der Waals surface area contributed by atoms with Gasteiger partial charge in [-0.15, -0.1) is 0 Å². The van der Waals surface area contributed by atoms with Crippen LogP contribution in [-0.2, 0) is 19.1 Å². The molecule has 1 heterocycles. The average Bonchev–Trinajstić information content (AvgIpc) is 2.72. The van der Waals surface area contributed by atoms with E-state index in [2.05, 4.69) is 4.99 Å². The maximum atomic E-state index is 13.0. The van der Waals surface area contributed by atoms with Gasteiger partial charge in [0.15, 0.2) is 17.3 Å². The number of carbonyl (C=O) groups is 2. The van der Waals surface area contributed by atoms with Crippen LogP contribution in [0.4, 0.5) is 0 Å². The highest BCUT2D eigenvalue weighted by molar-refractivity contribution is 6.32. The summed E-state index contributed by atoms with van der Waals surface area (Å²) in [6.07, 6.45) is 1.80. The molecular formula is C22H26ClNO6. The van der Waals surface area contributed by atoms with E-state index in [4.69, 9.17) is 25.8 Å². The van der Waals surface area contributed by atoms with Gasteiger partial charge in [-0.25, -0.2) is 0 Å². The molecule has 0 aromatic heterocycles. The Morgan fingerprint density at radius 3 is 2.77 bits per heavy atom. The lowest BCUT2D eigenvalue weighted by Crippen LogP contribution is -2.37. The second kappa shape index (κ2) is 9.62. The van der Waals surface area contributed by atoms with Crippen LogP contribution in [0.2, 0.25) is 5.02 Å². The summed E-state index contributed by atoms with van der Waals surface area (Å²) in [5.41, 5.74) is 2.40. The van der Waals surface area contributed by atoms with E-state index in [1.807, 2.05) is 6.92 Å². The van der Waals surface area contributed by atoms with E-state index < -0.39 is 17.8 Å². The number of nitrogens with zero attached hydrogens (tertiary/aromatic N) is 1. The van der Waals surface area contributed by atoms with E-state index in [1.165, 1.54) is 7.11 Å². The number of methoxy groups -OCH3 is 1. The van der Waals surface area contributed by atoms with Crippen LogP contribution in [-0.4, -0.2) is 49.5 Å². The van der Waals surface area contributed by atoms with Crippen molar-refractivity contribution in [1.29, 1.82) is 0 Å². The fraction of sp³-hybridized carbons (Fsp3) is 0.500. The van der Waals surface area contributed by atoms with Crippen molar-refractivity contribution in [2.75, 3.05) is 26.9 Å². The topological polar surface area (TPSA) is 94.4 Å². The van der Waals surface area contributed by atoms with E-state index in [-0.39, 0.29) is 28.9 Å². The molecule has 1 aromatic carbocycles. The summed E-state index contributed by atoms with van der Waals surface area (Å²) in [4.78, 5) is 30.5. The Bertz CT molecular complexity index is 907. The lowest BCUT2D eigenvalue weighted by Gasteiger charge is -2.34. The van der Waals surface area contributed by atoms with Crippen LogP contribution in [0.25, 0.3) is 0 Å². The van der Waals surface area contributed by atoms with Crippen molar-refractivity contribution in [3.8, 4) is 11.5 Å². The molecule has 0 radical (unpaired) electrons. The summed E-state index contributed by atoms with van der Waals surface area (Å²) < 4.78 is 15.9. The van der Waals surface area contributed by atoms with Gasteiger partial charge in [0.25, 0.3) is 0 Å². The predicted molar refractivity (Wildman–Crippen MR) is 112 cm³/mol. The molecule has 0 bridgehead atoms. The maximum Gasteiger partial charge on any atom is 0.315 e. The van der Waals surface area contributed by atoms with Crippen molar-refractivity contribution < 1.29 is 28.9 Å². The minimum absolute atomic E-state index is 0.0345. The second-order valence-corrected chi connectivity index (χ2v) is 7.67. The van der Waals surface area contributed by atoms with Gasteiger partial charge in [-0.1, -0.05) is 11.6 Å². The maximum absolute atomic E-state index is 13.0. The van der Waals surface area contributed by atoms with Gasteiger partial charge in [0.05, 0.1) is 18.7 Å². The number of allylic oxidation sites excluding steroid dienone is 2. The molecule has 1 aliphatic heterocycles. The first-order valence-corrected chi connectivity index (χ1v) is 10.4. The zero-order chi connectivity index (χ0) is 21.8. The van der Waals surface area contributed by atoms with Crippen molar-refractivity contribution in [3.05, 3.63) is 34.0 Å². The van der Waals surface area contributed by atoms with Gasteiger partial charge in [-0.2, -0.15) is 0 Å². The van der Waals surface area contributed by atoms with Crippen molar-refractivity contribution >= 4 is 29.1 Å². The number of hydrogen-bond acceptors (Lipinski definition) is 7. The predicted octanol–water partition coefficient (Wildman–Crippen LogP) is 3.82. The third kappa shape index (κ3) is 4.37. The first-order chi connectivity index (χ1) is 14.4. The summed E-state index contributed by atoms with van der Waals surface area (Å²) in [6, 6.07) is 3.17. The molecule has 0 fully saturated rings. The van der Waals surface area contributed by atoms with Crippen LogP contribution in [0.5, 0.6) is 11.5 Å². The molecule has 1 aliphatic carbocycles. The lowest BCUT2D eigenvalue weighted by atomic mass is 9.71. The number of ether oxygens (including phenoxy) is 3. The number of ketones is 1. The Morgan fingerprint density at radius 1 is 1.30 bits per heavy atom. The van der Waals surface area contributed by atoms with E-state index in [1.54, 1.807) is 19.1 Å². The van der Waals surface area contributed by atoms with Crippen molar-refractivity contribution in [2.45, 2.75) is 39.0 Å². The summed E-state index contributed by atoms with van der Waals surface area (Å²) >= 11 is 6.22.